The van der Waals surface area contributed by atoms with Crippen molar-refractivity contribution in [2.24, 2.45) is 10.8 Å². The molecule has 1 aromatic rings. The molecule has 1 aromatic carbocycles. The van der Waals surface area contributed by atoms with Crippen LogP contribution in [0.2, 0.25) is 0 Å². The number of guanidine groups is 1. The van der Waals surface area contributed by atoms with Crippen LogP contribution in [0.3, 0.4) is 0 Å². The monoisotopic (exact) mass is 293 g/mol. The fourth-order valence-corrected chi connectivity index (χ4v) is 2.45. The first-order valence-electron chi connectivity index (χ1n) is 7.51. The number of unbranched alkanes of at least 4 members (excludes halogenated alkanes) is 1. The number of hydrogen-bond donors (Lipinski definition) is 2. The summed E-state index contributed by atoms with van der Waals surface area (Å²) in [6.45, 7) is 6.00. The van der Waals surface area contributed by atoms with Gasteiger partial charge in [-0.1, -0.05) is 25.5 Å². The molecule has 21 heavy (non-hydrogen) atoms. The van der Waals surface area contributed by atoms with Gasteiger partial charge in [0.25, 0.3) is 0 Å². The van der Waals surface area contributed by atoms with Crippen LogP contribution in [0.4, 0.5) is 10.1 Å². The van der Waals surface area contributed by atoms with Gasteiger partial charge in [0, 0.05) is 32.7 Å². The minimum atomic E-state index is -0.167. The van der Waals surface area contributed by atoms with Crippen LogP contribution in [0.25, 0.3) is 0 Å². The third-order valence-corrected chi connectivity index (χ3v) is 3.67. The molecule has 0 bridgehead atoms. The molecule has 0 saturated carbocycles. The molecule has 1 aliphatic rings. The summed E-state index contributed by atoms with van der Waals surface area (Å²) in [5, 5.41) is 0. The van der Waals surface area contributed by atoms with E-state index in [-0.39, 0.29) is 5.82 Å². The molecule has 0 radical (unpaired) electrons. The predicted octanol–water partition coefficient (Wildman–Crippen LogP) is 1.57. The van der Waals surface area contributed by atoms with Gasteiger partial charge in [0.15, 0.2) is 0 Å². The Labute approximate surface area is 125 Å². The number of benzene rings is 1. The maximum atomic E-state index is 13.8. The number of hydrazine groups is 1. The van der Waals surface area contributed by atoms with E-state index in [0.717, 1.165) is 51.5 Å². The predicted molar refractivity (Wildman–Crippen MR) is 84.7 cm³/mol. The average Bonchev–Trinajstić information content (AvgIpc) is 2.53. The maximum Gasteiger partial charge on any atom is 0.208 e. The van der Waals surface area contributed by atoms with Gasteiger partial charge in [-0.2, -0.15) is 0 Å². The molecule has 0 amide bonds. The molecule has 0 unspecified atom stereocenters. The first-order valence-corrected chi connectivity index (χ1v) is 7.51. The second kappa shape index (κ2) is 7.83. The van der Waals surface area contributed by atoms with Crippen LogP contribution in [0, 0.1) is 5.82 Å². The van der Waals surface area contributed by atoms with Gasteiger partial charge in [-0.15, -0.1) is 0 Å². The van der Waals surface area contributed by atoms with Crippen molar-refractivity contribution in [1.29, 1.82) is 0 Å². The molecule has 1 aliphatic heterocycles. The number of halogens is 1. The summed E-state index contributed by atoms with van der Waals surface area (Å²) in [4.78, 5) is 8.66. The van der Waals surface area contributed by atoms with Crippen molar-refractivity contribution in [3.63, 3.8) is 0 Å². The highest BCUT2D eigenvalue weighted by atomic mass is 19.1. The summed E-state index contributed by atoms with van der Waals surface area (Å²) in [5.74, 6) is 6.13. The van der Waals surface area contributed by atoms with Crippen molar-refractivity contribution >= 4 is 11.6 Å². The Morgan fingerprint density at radius 1 is 1.29 bits per heavy atom. The second-order valence-electron chi connectivity index (χ2n) is 5.13. The number of para-hydroxylation sites is 1. The normalized spacial score (nSPS) is 16.2. The summed E-state index contributed by atoms with van der Waals surface area (Å²) in [6.07, 6.45) is 2.17. The average molecular weight is 293 g/mol. The Bertz CT molecular complexity index is 469. The van der Waals surface area contributed by atoms with E-state index in [9.17, 15) is 4.39 Å². The molecule has 1 heterocycles. The Hall–Kier alpha value is -1.82. The lowest BCUT2D eigenvalue weighted by Gasteiger charge is -2.37. The van der Waals surface area contributed by atoms with Gasteiger partial charge in [-0.25, -0.2) is 10.2 Å². The minimum absolute atomic E-state index is 0.167. The molecule has 5 nitrogen and oxygen atoms in total. The Morgan fingerprint density at radius 2 is 2.00 bits per heavy atom. The molecular formula is C15H24FN5. The quantitative estimate of drug-likeness (QED) is 0.291. The van der Waals surface area contributed by atoms with Crippen LogP contribution in [0.5, 0.6) is 0 Å². The Kier molecular flexibility index (Phi) is 5.80. The highest BCUT2D eigenvalue weighted by Gasteiger charge is 2.21. The number of anilines is 1. The highest BCUT2D eigenvalue weighted by molar-refractivity contribution is 5.79. The Balaban J connectivity index is 1.93. The van der Waals surface area contributed by atoms with E-state index in [1.54, 1.807) is 6.07 Å². The molecular weight excluding hydrogens is 269 g/mol. The second-order valence-corrected chi connectivity index (χ2v) is 5.13. The topological polar surface area (TPSA) is 56.9 Å². The van der Waals surface area contributed by atoms with Crippen molar-refractivity contribution in [2.45, 2.75) is 19.8 Å². The van der Waals surface area contributed by atoms with Gasteiger partial charge < -0.3 is 9.80 Å². The summed E-state index contributed by atoms with van der Waals surface area (Å²) < 4.78 is 13.8. The van der Waals surface area contributed by atoms with E-state index >= 15 is 0 Å². The fourth-order valence-electron chi connectivity index (χ4n) is 2.45. The molecule has 3 N–H and O–H groups in total. The van der Waals surface area contributed by atoms with E-state index in [0.29, 0.717) is 5.69 Å². The van der Waals surface area contributed by atoms with Crippen LogP contribution in [0.1, 0.15) is 19.8 Å². The van der Waals surface area contributed by atoms with Gasteiger partial charge in [-0.05, 0) is 18.6 Å². The molecule has 6 heteroatoms. The van der Waals surface area contributed by atoms with E-state index < -0.39 is 0 Å². The van der Waals surface area contributed by atoms with Gasteiger partial charge in [0.2, 0.25) is 5.96 Å². The third kappa shape index (κ3) is 4.07. The molecule has 1 fully saturated rings. The van der Waals surface area contributed by atoms with Crippen molar-refractivity contribution < 1.29 is 4.39 Å². The van der Waals surface area contributed by atoms with Crippen molar-refractivity contribution in [3.05, 3.63) is 30.1 Å². The maximum absolute atomic E-state index is 13.8. The number of hydrogen-bond acceptors (Lipinski definition) is 3. The number of nitrogens with one attached hydrogen (secondary N) is 1. The van der Waals surface area contributed by atoms with Crippen LogP contribution >= 0.6 is 0 Å². The van der Waals surface area contributed by atoms with Crippen molar-refractivity contribution in [3.8, 4) is 0 Å². The summed E-state index contributed by atoms with van der Waals surface area (Å²) in [6, 6.07) is 6.90. The number of nitrogens with two attached hydrogens (primary N) is 1. The first-order chi connectivity index (χ1) is 10.3. The van der Waals surface area contributed by atoms with Gasteiger partial charge in [0.1, 0.15) is 5.82 Å². The van der Waals surface area contributed by atoms with Gasteiger partial charge >= 0.3 is 0 Å². The van der Waals surface area contributed by atoms with E-state index in [1.807, 2.05) is 12.1 Å². The standard InChI is InChI=1S/C15H24FN5/c1-2-3-8-18-15(19-17)21-11-9-20(10-12-21)14-7-5-4-6-13(14)16/h4-7H,2-3,8-12,17H2,1H3,(H,18,19). The zero-order valence-corrected chi connectivity index (χ0v) is 12.6. The van der Waals surface area contributed by atoms with Crippen molar-refractivity contribution in [1.82, 2.24) is 10.3 Å². The third-order valence-electron chi connectivity index (χ3n) is 3.67. The zero-order chi connectivity index (χ0) is 15.1. The molecule has 1 saturated heterocycles. The molecule has 0 aromatic heterocycles. The highest BCUT2D eigenvalue weighted by Crippen LogP contribution is 2.20. The van der Waals surface area contributed by atoms with E-state index in [4.69, 9.17) is 5.84 Å². The van der Waals surface area contributed by atoms with E-state index in [1.165, 1.54) is 6.07 Å². The molecule has 2 rings (SSSR count). The van der Waals surface area contributed by atoms with Crippen LogP contribution in [-0.2, 0) is 0 Å². The van der Waals surface area contributed by atoms with Crippen LogP contribution in [0.15, 0.2) is 29.3 Å². The molecule has 116 valence electrons. The molecule has 0 spiro atoms. The lowest BCUT2D eigenvalue weighted by atomic mass is 10.2. The number of aliphatic imine (C=N–C) groups is 1. The lowest BCUT2D eigenvalue weighted by Crippen LogP contribution is -2.54. The minimum Gasteiger partial charge on any atom is -0.366 e. The largest absolute Gasteiger partial charge is 0.366 e. The number of piperazine rings is 1. The Morgan fingerprint density at radius 3 is 2.62 bits per heavy atom. The van der Waals surface area contributed by atoms with Gasteiger partial charge in [-0.3, -0.25) is 10.4 Å². The SMILES string of the molecule is CCCCN=C(NN)N1CCN(c2ccccc2F)CC1. The molecule has 0 aliphatic carbocycles. The van der Waals surface area contributed by atoms with Crippen LogP contribution < -0.4 is 16.2 Å². The van der Waals surface area contributed by atoms with Gasteiger partial charge in [0.05, 0.1) is 5.69 Å². The lowest BCUT2D eigenvalue weighted by molar-refractivity contribution is 0.370. The summed E-state index contributed by atoms with van der Waals surface area (Å²) in [5.41, 5.74) is 3.35. The zero-order valence-electron chi connectivity index (χ0n) is 12.6. The van der Waals surface area contributed by atoms with Crippen molar-refractivity contribution in [2.75, 3.05) is 37.6 Å². The van der Waals surface area contributed by atoms with E-state index in [2.05, 4.69) is 27.1 Å². The van der Waals surface area contributed by atoms with Crippen LogP contribution in [-0.4, -0.2) is 43.6 Å². The fraction of sp³-hybridized carbons (Fsp3) is 0.533. The smallest absolute Gasteiger partial charge is 0.208 e. The molecule has 0 atom stereocenters. The summed E-state index contributed by atoms with van der Waals surface area (Å²) in [7, 11) is 0. The number of nitrogens with zero attached hydrogens (tertiary/aromatic N) is 3. The summed E-state index contributed by atoms with van der Waals surface area (Å²) >= 11 is 0. The first kappa shape index (κ1) is 15.6. The number of rotatable bonds is 4.